The fourth-order valence-corrected chi connectivity index (χ4v) is 3.19. The van der Waals surface area contributed by atoms with Crippen molar-refractivity contribution in [3.63, 3.8) is 0 Å². The molecule has 0 aliphatic carbocycles. The molecule has 23 heavy (non-hydrogen) atoms. The maximum absolute atomic E-state index is 9.41. The van der Waals surface area contributed by atoms with E-state index in [4.69, 9.17) is 4.74 Å². The number of benzene rings is 2. The second kappa shape index (κ2) is 7.41. The molecule has 2 atom stereocenters. The minimum absolute atomic E-state index is 0.0108. The number of phenols is 1. The van der Waals surface area contributed by atoms with Gasteiger partial charge in [-0.25, -0.2) is 0 Å². The van der Waals surface area contributed by atoms with E-state index in [1.165, 1.54) is 22.3 Å². The Labute approximate surface area is 142 Å². The van der Waals surface area contributed by atoms with Crippen molar-refractivity contribution in [3.8, 4) is 5.75 Å². The summed E-state index contributed by atoms with van der Waals surface area (Å²) in [6.45, 7) is 2.13. The van der Waals surface area contributed by atoms with Crippen molar-refractivity contribution < 1.29 is 9.84 Å². The van der Waals surface area contributed by atoms with Gasteiger partial charge in [-0.1, -0.05) is 30.3 Å². The topological polar surface area (TPSA) is 29.5 Å². The number of aromatic hydroxyl groups is 1. The number of hydrogen-bond acceptors (Lipinski definition) is 3. The van der Waals surface area contributed by atoms with E-state index in [2.05, 4.69) is 50.6 Å². The standard InChI is InChI=1S/C20H21O2S/c1-14-6-9-16(19-4-3-5-20(22-19)23-2)13-17(14)12-15-7-10-18(21)11-8-15/h3-11,13,19-21H,12H2,1-2H3/t19-,20+/m0/s1. The quantitative estimate of drug-likeness (QED) is 0.886. The first-order valence-electron chi connectivity index (χ1n) is 7.73. The normalized spacial score (nSPS) is 21.3. The summed E-state index contributed by atoms with van der Waals surface area (Å²) in [6.07, 6.45) is 9.19. The molecule has 1 fully saturated rings. The number of rotatable bonds is 4. The smallest absolute Gasteiger partial charge is 0.115 e. The van der Waals surface area contributed by atoms with Crippen molar-refractivity contribution in [2.45, 2.75) is 24.9 Å². The van der Waals surface area contributed by atoms with Crippen molar-refractivity contribution in [2.24, 2.45) is 0 Å². The van der Waals surface area contributed by atoms with Crippen LogP contribution in [0, 0.1) is 26.2 Å². The summed E-state index contributed by atoms with van der Waals surface area (Å²) >= 11 is 1.70. The lowest BCUT2D eigenvalue weighted by Crippen LogP contribution is -2.21. The van der Waals surface area contributed by atoms with E-state index >= 15 is 0 Å². The molecule has 1 heterocycles. The first-order chi connectivity index (χ1) is 11.2. The van der Waals surface area contributed by atoms with Crippen LogP contribution in [0.3, 0.4) is 0 Å². The minimum Gasteiger partial charge on any atom is -0.508 e. The van der Waals surface area contributed by atoms with Gasteiger partial charge < -0.3 is 9.84 Å². The summed E-state index contributed by atoms with van der Waals surface area (Å²) in [6, 6.07) is 14.0. The SMILES string of the molecule is CS[C@@H]1[CH][CH][CH][C@@H](c2ccc(C)c(Cc3ccc(O)cc3)c2)O1. The van der Waals surface area contributed by atoms with Crippen LogP contribution in [0.2, 0.25) is 0 Å². The molecule has 3 radical (unpaired) electrons. The first kappa shape index (κ1) is 16.4. The molecule has 2 aromatic carbocycles. The lowest BCUT2D eigenvalue weighted by atomic mass is 9.94. The van der Waals surface area contributed by atoms with Gasteiger partial charge in [-0.05, 0) is 66.8 Å². The molecule has 119 valence electrons. The largest absolute Gasteiger partial charge is 0.508 e. The molecule has 1 aliphatic rings. The number of aryl methyl sites for hydroxylation is 1. The monoisotopic (exact) mass is 325 g/mol. The molecule has 0 aromatic heterocycles. The maximum Gasteiger partial charge on any atom is 0.115 e. The highest BCUT2D eigenvalue weighted by molar-refractivity contribution is 7.99. The van der Waals surface area contributed by atoms with Gasteiger partial charge in [0.15, 0.2) is 0 Å². The molecule has 1 saturated heterocycles. The highest BCUT2D eigenvalue weighted by atomic mass is 32.2. The zero-order valence-corrected chi connectivity index (χ0v) is 14.2. The van der Waals surface area contributed by atoms with Crippen molar-refractivity contribution in [1.29, 1.82) is 0 Å². The Morgan fingerprint density at radius 2 is 1.87 bits per heavy atom. The van der Waals surface area contributed by atoms with Gasteiger partial charge in [0, 0.05) is 6.42 Å². The molecule has 0 unspecified atom stereocenters. The van der Waals surface area contributed by atoms with E-state index in [9.17, 15) is 5.11 Å². The van der Waals surface area contributed by atoms with Crippen LogP contribution in [0.4, 0.5) is 0 Å². The molecular formula is C20H21O2S. The summed E-state index contributed by atoms with van der Waals surface area (Å²) in [5, 5.41) is 9.41. The Morgan fingerprint density at radius 1 is 1.09 bits per heavy atom. The van der Waals surface area contributed by atoms with Crippen LogP contribution in [0.5, 0.6) is 5.75 Å². The minimum atomic E-state index is 0.0108. The second-order valence-electron chi connectivity index (χ2n) is 5.77. The van der Waals surface area contributed by atoms with Gasteiger partial charge in [0.2, 0.25) is 0 Å². The third kappa shape index (κ3) is 4.10. The van der Waals surface area contributed by atoms with Gasteiger partial charge in [-0.2, -0.15) is 0 Å². The molecule has 1 N–H and O–H groups in total. The van der Waals surface area contributed by atoms with Crippen molar-refractivity contribution in [2.75, 3.05) is 6.26 Å². The summed E-state index contributed by atoms with van der Waals surface area (Å²) in [5.41, 5.74) is 5.06. The van der Waals surface area contributed by atoms with Crippen LogP contribution in [0.15, 0.2) is 42.5 Å². The average molecular weight is 325 g/mol. The summed E-state index contributed by atoms with van der Waals surface area (Å²) in [4.78, 5) is 0. The van der Waals surface area contributed by atoms with E-state index in [-0.39, 0.29) is 11.5 Å². The van der Waals surface area contributed by atoms with E-state index in [0.29, 0.717) is 5.75 Å². The average Bonchev–Trinajstić information content (AvgIpc) is 2.59. The fraction of sp³-hybridized carbons (Fsp3) is 0.250. The van der Waals surface area contributed by atoms with Crippen LogP contribution in [-0.4, -0.2) is 16.8 Å². The van der Waals surface area contributed by atoms with Gasteiger partial charge in [0.25, 0.3) is 0 Å². The predicted molar refractivity (Wildman–Crippen MR) is 96.1 cm³/mol. The Balaban J connectivity index is 1.80. The molecular weight excluding hydrogens is 304 g/mol. The van der Waals surface area contributed by atoms with E-state index in [1.807, 2.05) is 12.1 Å². The summed E-state index contributed by atoms with van der Waals surface area (Å²) < 4.78 is 6.07. The first-order valence-corrected chi connectivity index (χ1v) is 9.02. The number of phenolic OH excluding ortho intramolecular Hbond substituents is 1. The highest BCUT2D eigenvalue weighted by Crippen LogP contribution is 2.34. The Kier molecular flexibility index (Phi) is 5.29. The van der Waals surface area contributed by atoms with E-state index < -0.39 is 0 Å². The number of hydrogen-bond donors (Lipinski definition) is 1. The third-order valence-corrected chi connectivity index (χ3v) is 4.83. The van der Waals surface area contributed by atoms with Gasteiger partial charge >= 0.3 is 0 Å². The lowest BCUT2D eigenvalue weighted by Gasteiger charge is -2.29. The van der Waals surface area contributed by atoms with Crippen LogP contribution in [0.1, 0.15) is 28.4 Å². The Morgan fingerprint density at radius 3 is 2.61 bits per heavy atom. The van der Waals surface area contributed by atoms with Crippen LogP contribution in [-0.2, 0) is 11.2 Å². The molecule has 2 aromatic rings. The summed E-state index contributed by atoms with van der Waals surface area (Å²) in [7, 11) is 0. The predicted octanol–water partition coefficient (Wildman–Crippen LogP) is 4.66. The number of ether oxygens (including phenoxy) is 1. The zero-order chi connectivity index (χ0) is 16.2. The second-order valence-corrected chi connectivity index (χ2v) is 6.70. The van der Waals surface area contributed by atoms with Crippen LogP contribution >= 0.6 is 11.8 Å². The summed E-state index contributed by atoms with van der Waals surface area (Å²) in [5.74, 6) is 0.305. The zero-order valence-electron chi connectivity index (χ0n) is 13.4. The van der Waals surface area contributed by atoms with Crippen molar-refractivity contribution in [1.82, 2.24) is 0 Å². The fourth-order valence-electron chi connectivity index (χ4n) is 2.71. The molecule has 0 spiro atoms. The maximum atomic E-state index is 9.41. The highest BCUT2D eigenvalue weighted by Gasteiger charge is 2.24. The molecule has 0 bridgehead atoms. The van der Waals surface area contributed by atoms with Gasteiger partial charge in [0.05, 0.1) is 6.10 Å². The van der Waals surface area contributed by atoms with Crippen molar-refractivity contribution >= 4 is 11.8 Å². The lowest BCUT2D eigenvalue weighted by molar-refractivity contribution is 0.0620. The molecule has 3 rings (SSSR count). The van der Waals surface area contributed by atoms with Gasteiger partial charge in [-0.15, -0.1) is 11.8 Å². The van der Waals surface area contributed by atoms with E-state index in [1.54, 1.807) is 23.9 Å². The third-order valence-electron chi connectivity index (χ3n) is 4.10. The Bertz CT molecular complexity index is 651. The molecule has 3 heteroatoms. The Hall–Kier alpha value is -1.45. The van der Waals surface area contributed by atoms with Crippen molar-refractivity contribution in [3.05, 3.63) is 84.0 Å². The molecule has 2 nitrogen and oxygen atoms in total. The molecule has 0 amide bonds. The molecule has 1 aliphatic heterocycles. The van der Waals surface area contributed by atoms with E-state index in [0.717, 1.165) is 6.42 Å². The van der Waals surface area contributed by atoms with Gasteiger partial charge in [-0.3, -0.25) is 0 Å². The number of thioether (sulfide) groups is 1. The van der Waals surface area contributed by atoms with Crippen LogP contribution in [0.25, 0.3) is 0 Å². The van der Waals surface area contributed by atoms with Gasteiger partial charge in [0.1, 0.15) is 11.2 Å². The van der Waals surface area contributed by atoms with Crippen LogP contribution < -0.4 is 0 Å². The molecule has 0 saturated carbocycles.